The van der Waals surface area contributed by atoms with Crippen molar-refractivity contribution in [2.24, 2.45) is 0 Å². The maximum atomic E-state index is 9.30. The van der Waals surface area contributed by atoms with Gasteiger partial charge in [-0.3, -0.25) is 0 Å². The van der Waals surface area contributed by atoms with Crippen molar-refractivity contribution >= 4 is 42.3 Å². The van der Waals surface area contributed by atoms with Gasteiger partial charge in [-0.15, -0.1) is 11.3 Å². The van der Waals surface area contributed by atoms with E-state index in [-0.39, 0.29) is 0 Å². The van der Waals surface area contributed by atoms with Crippen molar-refractivity contribution in [3.8, 4) is 28.3 Å². The van der Waals surface area contributed by atoms with Crippen molar-refractivity contribution in [1.82, 2.24) is 4.98 Å². The molecule has 4 aromatic carbocycles. The van der Waals surface area contributed by atoms with E-state index in [0.717, 1.165) is 11.1 Å². The summed E-state index contributed by atoms with van der Waals surface area (Å²) >= 11 is 1.82. The first-order valence-corrected chi connectivity index (χ1v) is 10.9. The normalized spacial score (nSPS) is 11.2. The van der Waals surface area contributed by atoms with E-state index in [9.17, 15) is 5.26 Å². The summed E-state index contributed by atoms with van der Waals surface area (Å²) in [6.07, 6.45) is 1.71. The highest BCUT2D eigenvalue weighted by Crippen LogP contribution is 2.43. The van der Waals surface area contributed by atoms with Crippen molar-refractivity contribution in [3.05, 3.63) is 103 Å². The van der Waals surface area contributed by atoms with Crippen LogP contribution < -0.4 is 0 Å². The van der Waals surface area contributed by atoms with Gasteiger partial charge in [0.25, 0.3) is 0 Å². The third-order valence-electron chi connectivity index (χ3n) is 5.77. The molecule has 0 saturated heterocycles. The Morgan fingerprint density at radius 3 is 2.29 bits per heavy atom. The van der Waals surface area contributed by atoms with E-state index in [1.807, 2.05) is 29.5 Å². The molecule has 2 nitrogen and oxygen atoms in total. The van der Waals surface area contributed by atoms with Gasteiger partial charge in [-0.25, -0.2) is 4.98 Å². The lowest BCUT2D eigenvalue weighted by atomic mass is 9.95. The van der Waals surface area contributed by atoms with E-state index in [1.165, 1.54) is 42.1 Å². The second kappa shape index (κ2) is 7.05. The average Bonchev–Trinajstić information content (AvgIpc) is 3.22. The van der Waals surface area contributed by atoms with Crippen LogP contribution in [0.25, 0.3) is 53.2 Å². The Labute approximate surface area is 183 Å². The van der Waals surface area contributed by atoms with Crippen molar-refractivity contribution in [2.75, 3.05) is 0 Å². The minimum Gasteiger partial charge on any atom is -0.246 e. The van der Waals surface area contributed by atoms with Crippen LogP contribution in [0.1, 0.15) is 5.69 Å². The monoisotopic (exact) mass is 412 g/mol. The fraction of sp³-hybridized carbons (Fsp3) is 0. The molecule has 0 amide bonds. The van der Waals surface area contributed by atoms with E-state index in [2.05, 4.69) is 83.8 Å². The molecule has 0 unspecified atom stereocenters. The van der Waals surface area contributed by atoms with Crippen molar-refractivity contribution in [1.29, 1.82) is 5.26 Å². The van der Waals surface area contributed by atoms with Gasteiger partial charge in [0, 0.05) is 26.4 Å². The summed E-state index contributed by atoms with van der Waals surface area (Å²) < 4.78 is 2.54. The Balaban J connectivity index is 1.66. The average molecular weight is 413 g/mol. The van der Waals surface area contributed by atoms with E-state index in [0.29, 0.717) is 5.69 Å². The molecule has 0 fully saturated rings. The number of hydrogen-bond donors (Lipinski definition) is 0. The number of aromatic nitrogens is 1. The Hall–Kier alpha value is -4.00. The number of fused-ring (bicyclic) bond motifs is 5. The van der Waals surface area contributed by atoms with Gasteiger partial charge in [0.05, 0.1) is 0 Å². The first-order chi connectivity index (χ1) is 15.3. The standard InChI is InChI=1S/C28H16N2S/c29-17-21-14-20(12-13-30-21)25-16-27-28(23-9-5-4-8-22(23)25)24-11-10-19(15-26(24)31-27)18-6-2-1-3-7-18/h1-16H. The molecule has 0 N–H and O–H groups in total. The van der Waals surface area contributed by atoms with Crippen LogP contribution in [-0.2, 0) is 0 Å². The number of rotatable bonds is 2. The first-order valence-electron chi connectivity index (χ1n) is 10.1. The molecule has 0 aliphatic rings. The van der Waals surface area contributed by atoms with Gasteiger partial charge >= 0.3 is 0 Å². The molecule has 3 heteroatoms. The summed E-state index contributed by atoms with van der Waals surface area (Å²) in [5.41, 5.74) is 5.06. The van der Waals surface area contributed by atoms with Crippen molar-refractivity contribution < 1.29 is 0 Å². The number of benzene rings is 4. The Bertz CT molecular complexity index is 1640. The quantitative estimate of drug-likeness (QED) is 0.291. The summed E-state index contributed by atoms with van der Waals surface area (Å²) in [4.78, 5) is 4.14. The molecule has 0 radical (unpaired) electrons. The van der Waals surface area contributed by atoms with Crippen LogP contribution in [0.3, 0.4) is 0 Å². The lowest BCUT2D eigenvalue weighted by molar-refractivity contribution is 1.27. The van der Waals surface area contributed by atoms with Gasteiger partial charge in [-0.2, -0.15) is 5.26 Å². The molecule has 31 heavy (non-hydrogen) atoms. The molecule has 0 spiro atoms. The Morgan fingerprint density at radius 2 is 1.45 bits per heavy atom. The summed E-state index contributed by atoms with van der Waals surface area (Å²) in [6.45, 7) is 0. The molecular weight excluding hydrogens is 396 g/mol. The van der Waals surface area contributed by atoms with Crippen LogP contribution in [-0.4, -0.2) is 4.98 Å². The molecule has 2 aromatic heterocycles. The van der Waals surface area contributed by atoms with Gasteiger partial charge in [-0.1, -0.05) is 66.7 Å². The number of nitriles is 1. The zero-order chi connectivity index (χ0) is 20.8. The summed E-state index contributed by atoms with van der Waals surface area (Å²) in [5, 5.41) is 14.3. The van der Waals surface area contributed by atoms with E-state index in [1.54, 1.807) is 6.20 Å². The smallest absolute Gasteiger partial charge is 0.141 e. The van der Waals surface area contributed by atoms with Crippen LogP contribution in [0.2, 0.25) is 0 Å². The summed E-state index contributed by atoms with van der Waals surface area (Å²) in [7, 11) is 0. The van der Waals surface area contributed by atoms with Crippen LogP contribution in [0.5, 0.6) is 0 Å². The second-order valence-electron chi connectivity index (χ2n) is 7.56. The van der Waals surface area contributed by atoms with Crippen LogP contribution in [0, 0.1) is 11.3 Å². The van der Waals surface area contributed by atoms with Gasteiger partial charge < -0.3 is 0 Å². The second-order valence-corrected chi connectivity index (χ2v) is 8.65. The molecule has 0 aliphatic heterocycles. The zero-order valence-electron chi connectivity index (χ0n) is 16.5. The van der Waals surface area contributed by atoms with E-state index < -0.39 is 0 Å². The molecule has 0 aliphatic carbocycles. The summed E-state index contributed by atoms with van der Waals surface area (Å²) in [5.74, 6) is 0. The van der Waals surface area contributed by atoms with Crippen molar-refractivity contribution in [2.45, 2.75) is 0 Å². The highest BCUT2D eigenvalue weighted by Gasteiger charge is 2.14. The van der Waals surface area contributed by atoms with Crippen LogP contribution in [0.15, 0.2) is 97.2 Å². The van der Waals surface area contributed by atoms with Gasteiger partial charge in [0.15, 0.2) is 0 Å². The lowest BCUT2D eigenvalue weighted by Crippen LogP contribution is -1.86. The van der Waals surface area contributed by atoms with E-state index >= 15 is 0 Å². The third-order valence-corrected chi connectivity index (χ3v) is 6.87. The fourth-order valence-electron chi connectivity index (χ4n) is 4.35. The largest absolute Gasteiger partial charge is 0.246 e. The minimum absolute atomic E-state index is 0.436. The highest BCUT2D eigenvalue weighted by molar-refractivity contribution is 7.26. The molecule has 0 atom stereocenters. The predicted molar refractivity (Wildman–Crippen MR) is 130 cm³/mol. The highest BCUT2D eigenvalue weighted by atomic mass is 32.1. The molecule has 0 saturated carbocycles. The maximum Gasteiger partial charge on any atom is 0.141 e. The maximum absolute atomic E-state index is 9.30. The molecule has 2 heterocycles. The lowest BCUT2D eigenvalue weighted by Gasteiger charge is -2.09. The molecule has 6 rings (SSSR count). The Morgan fingerprint density at radius 1 is 0.645 bits per heavy atom. The number of hydrogen-bond acceptors (Lipinski definition) is 3. The summed E-state index contributed by atoms with van der Waals surface area (Å²) in [6, 6.07) is 34.1. The Kier molecular flexibility index (Phi) is 4.06. The number of nitrogens with zero attached hydrogens (tertiary/aromatic N) is 2. The van der Waals surface area contributed by atoms with Gasteiger partial charge in [0.1, 0.15) is 11.8 Å². The SMILES string of the molecule is N#Cc1cc(-c2cc3sc4cc(-c5ccccc5)ccc4c3c3ccccc23)ccn1. The number of pyridine rings is 1. The van der Waals surface area contributed by atoms with Crippen LogP contribution >= 0.6 is 11.3 Å². The van der Waals surface area contributed by atoms with Crippen LogP contribution in [0.4, 0.5) is 0 Å². The van der Waals surface area contributed by atoms with Crippen molar-refractivity contribution in [3.63, 3.8) is 0 Å². The molecule has 6 aromatic rings. The molecule has 0 bridgehead atoms. The van der Waals surface area contributed by atoms with Gasteiger partial charge in [-0.05, 0) is 57.3 Å². The zero-order valence-corrected chi connectivity index (χ0v) is 17.4. The molecular formula is C28H16N2S. The number of thiophene rings is 1. The fourth-order valence-corrected chi connectivity index (χ4v) is 5.55. The van der Waals surface area contributed by atoms with Gasteiger partial charge in [0.2, 0.25) is 0 Å². The topological polar surface area (TPSA) is 36.7 Å². The predicted octanol–water partition coefficient (Wildman–Crippen LogP) is 7.81. The van der Waals surface area contributed by atoms with E-state index in [4.69, 9.17) is 0 Å². The molecule has 144 valence electrons. The third kappa shape index (κ3) is 2.89. The first kappa shape index (κ1) is 17.8. The minimum atomic E-state index is 0.436.